The van der Waals surface area contributed by atoms with Gasteiger partial charge in [0.1, 0.15) is 12.4 Å². The molecule has 2 amide bonds. The highest BCUT2D eigenvalue weighted by atomic mass is 19.1. The quantitative estimate of drug-likeness (QED) is 0.780. The monoisotopic (exact) mass is 310 g/mol. The van der Waals surface area contributed by atoms with Gasteiger partial charge in [-0.05, 0) is 31.5 Å². The van der Waals surface area contributed by atoms with Gasteiger partial charge in [0.15, 0.2) is 0 Å². The first-order valence-electron chi connectivity index (χ1n) is 6.82. The number of rotatable bonds is 7. The fraction of sp³-hybridized carbons (Fsp3) is 0.400. The Morgan fingerprint density at radius 3 is 2.55 bits per heavy atom. The normalized spacial score (nSPS) is 10.4. The Labute approximate surface area is 127 Å². The van der Waals surface area contributed by atoms with Crippen LogP contribution < -0.4 is 5.32 Å². The maximum Gasteiger partial charge on any atom is 0.323 e. The van der Waals surface area contributed by atoms with Gasteiger partial charge in [-0.3, -0.25) is 14.4 Å². The molecule has 0 unspecified atom stereocenters. The number of nitrogens with one attached hydrogen (secondary N) is 1. The molecule has 0 fully saturated rings. The summed E-state index contributed by atoms with van der Waals surface area (Å²) in [6.45, 7) is 2.67. The SMILES string of the molecule is CC(C)N(CC(=O)O)C(=O)CNC(=O)Cc1cccc(F)c1. The van der Waals surface area contributed by atoms with E-state index in [1.807, 2.05) is 0 Å². The second-order valence-electron chi connectivity index (χ2n) is 5.09. The van der Waals surface area contributed by atoms with Crippen LogP contribution in [0.2, 0.25) is 0 Å². The third kappa shape index (κ3) is 5.90. The second kappa shape index (κ2) is 8.11. The van der Waals surface area contributed by atoms with Gasteiger partial charge in [-0.1, -0.05) is 12.1 Å². The summed E-state index contributed by atoms with van der Waals surface area (Å²) in [6.07, 6.45) is -0.0500. The Morgan fingerprint density at radius 1 is 1.32 bits per heavy atom. The molecule has 0 radical (unpaired) electrons. The van der Waals surface area contributed by atoms with Crippen molar-refractivity contribution in [1.82, 2.24) is 10.2 Å². The molecule has 0 saturated heterocycles. The summed E-state index contributed by atoms with van der Waals surface area (Å²) in [6, 6.07) is 5.33. The fourth-order valence-electron chi connectivity index (χ4n) is 1.88. The van der Waals surface area contributed by atoms with Gasteiger partial charge in [-0.25, -0.2) is 4.39 Å². The van der Waals surface area contributed by atoms with Crippen molar-refractivity contribution in [3.05, 3.63) is 35.6 Å². The number of halogens is 1. The van der Waals surface area contributed by atoms with Gasteiger partial charge in [0, 0.05) is 6.04 Å². The molecule has 0 saturated carbocycles. The molecule has 0 heterocycles. The van der Waals surface area contributed by atoms with Crippen molar-refractivity contribution in [2.45, 2.75) is 26.3 Å². The maximum atomic E-state index is 13.0. The highest BCUT2D eigenvalue weighted by molar-refractivity contribution is 5.87. The van der Waals surface area contributed by atoms with Gasteiger partial charge < -0.3 is 15.3 Å². The van der Waals surface area contributed by atoms with Crippen LogP contribution in [0.4, 0.5) is 4.39 Å². The summed E-state index contributed by atoms with van der Waals surface area (Å²) in [5, 5.41) is 11.2. The fourth-order valence-corrected chi connectivity index (χ4v) is 1.88. The first-order chi connectivity index (χ1) is 10.3. The van der Waals surface area contributed by atoms with Gasteiger partial charge >= 0.3 is 5.97 Å². The molecule has 6 nitrogen and oxygen atoms in total. The number of carbonyl (C=O) groups excluding carboxylic acids is 2. The number of carboxylic acid groups (broad SMARTS) is 1. The van der Waals surface area contributed by atoms with Crippen LogP contribution in [0.5, 0.6) is 0 Å². The van der Waals surface area contributed by atoms with Crippen LogP contribution >= 0.6 is 0 Å². The summed E-state index contributed by atoms with van der Waals surface area (Å²) < 4.78 is 13.0. The molecular formula is C15H19FN2O4. The molecule has 0 atom stereocenters. The topological polar surface area (TPSA) is 86.7 Å². The molecule has 0 spiro atoms. The number of aliphatic carboxylic acids is 1. The van der Waals surface area contributed by atoms with Gasteiger partial charge in [0.2, 0.25) is 11.8 Å². The van der Waals surface area contributed by atoms with Crippen molar-refractivity contribution < 1.29 is 23.9 Å². The van der Waals surface area contributed by atoms with Crippen molar-refractivity contribution in [2.75, 3.05) is 13.1 Å². The Hall–Kier alpha value is -2.44. The molecule has 22 heavy (non-hydrogen) atoms. The van der Waals surface area contributed by atoms with Crippen molar-refractivity contribution in [1.29, 1.82) is 0 Å². The average molecular weight is 310 g/mol. The molecule has 0 aromatic heterocycles. The average Bonchev–Trinajstić information content (AvgIpc) is 2.41. The van der Waals surface area contributed by atoms with Crippen molar-refractivity contribution in [3.8, 4) is 0 Å². The lowest BCUT2D eigenvalue weighted by molar-refractivity contribution is -0.145. The molecule has 0 aliphatic carbocycles. The Morgan fingerprint density at radius 2 is 2.00 bits per heavy atom. The van der Waals surface area contributed by atoms with E-state index in [1.165, 1.54) is 18.2 Å². The molecule has 2 N–H and O–H groups in total. The third-order valence-electron chi connectivity index (χ3n) is 2.94. The first kappa shape index (κ1) is 17.6. The largest absolute Gasteiger partial charge is 0.480 e. The third-order valence-corrected chi connectivity index (χ3v) is 2.94. The number of benzene rings is 1. The van der Waals surface area contributed by atoms with Crippen LogP contribution in [-0.4, -0.2) is 46.9 Å². The molecule has 0 bridgehead atoms. The molecule has 1 aromatic carbocycles. The molecule has 120 valence electrons. The zero-order valence-corrected chi connectivity index (χ0v) is 12.5. The molecule has 0 aliphatic heterocycles. The minimum absolute atomic E-state index is 0.0500. The summed E-state index contributed by atoms with van der Waals surface area (Å²) in [7, 11) is 0. The van der Waals surface area contributed by atoms with E-state index in [-0.39, 0.29) is 19.0 Å². The molecule has 1 aromatic rings. The van der Waals surface area contributed by atoms with Crippen LogP contribution in [-0.2, 0) is 20.8 Å². The van der Waals surface area contributed by atoms with Gasteiger partial charge in [0.25, 0.3) is 0 Å². The van der Waals surface area contributed by atoms with Crippen LogP contribution in [0.25, 0.3) is 0 Å². The summed E-state index contributed by atoms with van der Waals surface area (Å²) >= 11 is 0. The molecule has 7 heteroatoms. The predicted molar refractivity (Wildman–Crippen MR) is 77.6 cm³/mol. The standard InChI is InChI=1S/C15H19FN2O4/c1-10(2)18(9-15(21)22)14(20)8-17-13(19)7-11-4-3-5-12(16)6-11/h3-6,10H,7-9H2,1-2H3,(H,17,19)(H,21,22). The van der Waals surface area contributed by atoms with Crippen molar-refractivity contribution >= 4 is 17.8 Å². The number of nitrogens with zero attached hydrogens (tertiary/aromatic N) is 1. The zero-order valence-electron chi connectivity index (χ0n) is 12.5. The van der Waals surface area contributed by atoms with E-state index in [0.717, 1.165) is 4.90 Å². The van der Waals surface area contributed by atoms with E-state index in [1.54, 1.807) is 19.9 Å². The zero-order chi connectivity index (χ0) is 16.7. The number of hydrogen-bond donors (Lipinski definition) is 2. The number of carbonyl (C=O) groups is 3. The van der Waals surface area contributed by atoms with Crippen LogP contribution in [0.15, 0.2) is 24.3 Å². The Kier molecular flexibility index (Phi) is 6.49. The summed E-state index contributed by atoms with van der Waals surface area (Å²) in [5.41, 5.74) is 0.496. The maximum absolute atomic E-state index is 13.0. The molecular weight excluding hydrogens is 291 g/mol. The smallest absolute Gasteiger partial charge is 0.323 e. The lowest BCUT2D eigenvalue weighted by Crippen LogP contribution is -2.46. The number of carboxylic acids is 1. The van der Waals surface area contributed by atoms with E-state index >= 15 is 0 Å². The van der Waals surface area contributed by atoms with E-state index in [4.69, 9.17) is 5.11 Å². The second-order valence-corrected chi connectivity index (χ2v) is 5.09. The van der Waals surface area contributed by atoms with Gasteiger partial charge in [0.05, 0.1) is 13.0 Å². The highest BCUT2D eigenvalue weighted by Gasteiger charge is 2.20. The number of hydrogen-bond acceptors (Lipinski definition) is 3. The Balaban J connectivity index is 2.51. The van der Waals surface area contributed by atoms with Crippen LogP contribution in [0.1, 0.15) is 19.4 Å². The van der Waals surface area contributed by atoms with Gasteiger partial charge in [-0.2, -0.15) is 0 Å². The van der Waals surface area contributed by atoms with Crippen LogP contribution in [0.3, 0.4) is 0 Å². The molecule has 0 aliphatic rings. The Bertz CT molecular complexity index is 560. The lowest BCUT2D eigenvalue weighted by atomic mass is 10.1. The van der Waals surface area contributed by atoms with E-state index in [2.05, 4.69) is 5.32 Å². The first-order valence-corrected chi connectivity index (χ1v) is 6.82. The van der Waals surface area contributed by atoms with E-state index < -0.39 is 30.1 Å². The predicted octanol–water partition coefficient (Wildman–Crippen LogP) is 0.806. The van der Waals surface area contributed by atoms with E-state index in [9.17, 15) is 18.8 Å². The highest BCUT2D eigenvalue weighted by Crippen LogP contribution is 2.04. The number of amides is 2. The van der Waals surface area contributed by atoms with Crippen molar-refractivity contribution in [2.24, 2.45) is 0 Å². The lowest BCUT2D eigenvalue weighted by Gasteiger charge is -2.24. The molecule has 1 rings (SSSR count). The minimum atomic E-state index is -1.12. The minimum Gasteiger partial charge on any atom is -0.480 e. The summed E-state index contributed by atoms with van der Waals surface area (Å²) in [4.78, 5) is 35.5. The van der Waals surface area contributed by atoms with E-state index in [0.29, 0.717) is 5.56 Å². The van der Waals surface area contributed by atoms with Gasteiger partial charge in [-0.15, -0.1) is 0 Å². The van der Waals surface area contributed by atoms with Crippen molar-refractivity contribution in [3.63, 3.8) is 0 Å². The van der Waals surface area contributed by atoms with Crippen LogP contribution in [0, 0.1) is 5.82 Å². The summed E-state index contributed by atoms with van der Waals surface area (Å²) in [5.74, 6) is -2.47.